The molecule has 0 unspecified atom stereocenters. The van der Waals surface area contributed by atoms with Gasteiger partial charge in [-0.25, -0.2) is 0 Å². The van der Waals surface area contributed by atoms with Crippen LogP contribution in [0.1, 0.15) is 15.4 Å². The summed E-state index contributed by atoms with van der Waals surface area (Å²) in [5, 5.41) is 13.2. The van der Waals surface area contributed by atoms with Gasteiger partial charge in [0.15, 0.2) is 0 Å². The first kappa shape index (κ1) is 15.2. The van der Waals surface area contributed by atoms with E-state index in [4.69, 9.17) is 11.6 Å². The topological polar surface area (TPSA) is 94.2 Å². The molecule has 110 valence electrons. The Morgan fingerprint density at radius 3 is 2.62 bits per heavy atom. The molecular formula is C12H10ClN3O4S. The molecular weight excluding hydrogens is 318 g/mol. The van der Waals surface area contributed by atoms with E-state index < -0.39 is 10.8 Å². The van der Waals surface area contributed by atoms with Crippen molar-refractivity contribution in [1.82, 2.24) is 4.57 Å². The molecule has 9 heteroatoms. The van der Waals surface area contributed by atoms with E-state index in [9.17, 15) is 19.7 Å². The van der Waals surface area contributed by atoms with Crippen LogP contribution < -0.4 is 10.2 Å². The SMILES string of the molecule is Cc1c(C(=O)Nc2ccc([N+](=O)[O-])cc2Cl)sc(=O)n1C. The Morgan fingerprint density at radius 1 is 1.48 bits per heavy atom. The van der Waals surface area contributed by atoms with Crippen LogP contribution in [0.25, 0.3) is 0 Å². The molecule has 1 heterocycles. The number of hydrogen-bond donors (Lipinski definition) is 1. The smallest absolute Gasteiger partial charge is 0.307 e. The lowest BCUT2D eigenvalue weighted by Crippen LogP contribution is -2.13. The number of amides is 1. The normalized spacial score (nSPS) is 10.4. The summed E-state index contributed by atoms with van der Waals surface area (Å²) in [6, 6.07) is 3.73. The van der Waals surface area contributed by atoms with Gasteiger partial charge >= 0.3 is 4.87 Å². The third-order valence-electron chi connectivity index (χ3n) is 2.91. The molecule has 7 nitrogen and oxygen atoms in total. The summed E-state index contributed by atoms with van der Waals surface area (Å²) in [5.41, 5.74) is 0.620. The maximum atomic E-state index is 12.1. The highest BCUT2D eigenvalue weighted by atomic mass is 35.5. The van der Waals surface area contributed by atoms with Gasteiger partial charge in [0.05, 0.1) is 15.6 Å². The van der Waals surface area contributed by atoms with Crippen LogP contribution in [0.4, 0.5) is 11.4 Å². The number of halogens is 1. The molecule has 21 heavy (non-hydrogen) atoms. The number of nitro benzene ring substituents is 1. The van der Waals surface area contributed by atoms with Crippen molar-refractivity contribution >= 4 is 40.2 Å². The maximum Gasteiger partial charge on any atom is 0.307 e. The molecule has 1 aromatic heterocycles. The summed E-state index contributed by atoms with van der Waals surface area (Å²) in [6.07, 6.45) is 0. The van der Waals surface area contributed by atoms with Crippen LogP contribution in [-0.4, -0.2) is 15.4 Å². The summed E-state index contributed by atoms with van der Waals surface area (Å²) in [7, 11) is 1.57. The average Bonchev–Trinajstić information content (AvgIpc) is 2.68. The quantitative estimate of drug-likeness (QED) is 0.692. The number of thiazole rings is 1. The molecule has 2 aromatic rings. The molecule has 0 atom stereocenters. The Balaban J connectivity index is 2.29. The third-order valence-corrected chi connectivity index (χ3v) is 4.36. The average molecular weight is 328 g/mol. The Kier molecular flexibility index (Phi) is 4.10. The van der Waals surface area contributed by atoms with E-state index in [1.165, 1.54) is 16.7 Å². The molecule has 2 rings (SSSR count). The van der Waals surface area contributed by atoms with Crippen molar-refractivity contribution in [2.75, 3.05) is 5.32 Å². The van der Waals surface area contributed by atoms with E-state index >= 15 is 0 Å². The number of aromatic nitrogens is 1. The second kappa shape index (κ2) is 5.66. The predicted octanol–water partition coefficient (Wildman–Crippen LogP) is 2.57. The number of rotatable bonds is 3. The summed E-state index contributed by atoms with van der Waals surface area (Å²) in [6.45, 7) is 1.66. The van der Waals surface area contributed by atoms with E-state index in [1.807, 2.05) is 0 Å². The fourth-order valence-electron chi connectivity index (χ4n) is 1.63. The monoisotopic (exact) mass is 327 g/mol. The van der Waals surface area contributed by atoms with Crippen molar-refractivity contribution in [1.29, 1.82) is 0 Å². The van der Waals surface area contributed by atoms with Gasteiger partial charge in [0.2, 0.25) is 0 Å². The van der Waals surface area contributed by atoms with Crippen LogP contribution in [-0.2, 0) is 7.05 Å². The minimum Gasteiger partial charge on any atom is -0.320 e. The zero-order valence-electron chi connectivity index (χ0n) is 11.0. The predicted molar refractivity (Wildman–Crippen MR) is 80.4 cm³/mol. The Hall–Kier alpha value is -2.19. The summed E-state index contributed by atoms with van der Waals surface area (Å²) >= 11 is 6.72. The highest BCUT2D eigenvalue weighted by Gasteiger charge is 2.18. The van der Waals surface area contributed by atoms with Gasteiger partial charge in [-0.1, -0.05) is 22.9 Å². The third kappa shape index (κ3) is 2.96. The van der Waals surface area contributed by atoms with Gasteiger partial charge in [0.1, 0.15) is 4.88 Å². The molecule has 0 aliphatic carbocycles. The molecule has 0 saturated carbocycles. The first-order chi connectivity index (χ1) is 9.81. The van der Waals surface area contributed by atoms with Crippen molar-refractivity contribution < 1.29 is 9.72 Å². The number of carbonyl (C=O) groups excluding carboxylic acids is 1. The van der Waals surface area contributed by atoms with Crippen molar-refractivity contribution in [3.63, 3.8) is 0 Å². The Labute approximate surface area is 127 Å². The van der Waals surface area contributed by atoms with E-state index in [-0.39, 0.29) is 26.1 Å². The lowest BCUT2D eigenvalue weighted by atomic mass is 10.2. The minimum atomic E-state index is -0.579. The summed E-state index contributed by atoms with van der Waals surface area (Å²) in [5.74, 6) is -0.481. The van der Waals surface area contributed by atoms with Gasteiger partial charge in [-0.3, -0.25) is 19.7 Å². The van der Waals surface area contributed by atoms with Crippen LogP contribution in [0.5, 0.6) is 0 Å². The lowest BCUT2D eigenvalue weighted by molar-refractivity contribution is -0.384. The van der Waals surface area contributed by atoms with Crippen molar-refractivity contribution in [3.05, 3.63) is 53.6 Å². The second-order valence-corrected chi connectivity index (χ2v) is 5.59. The molecule has 0 radical (unpaired) electrons. The number of nitro groups is 1. The molecule has 0 saturated heterocycles. The van der Waals surface area contributed by atoms with Gasteiger partial charge < -0.3 is 9.88 Å². The summed E-state index contributed by atoms with van der Waals surface area (Å²) < 4.78 is 1.37. The molecule has 0 bridgehead atoms. The van der Waals surface area contributed by atoms with E-state index in [1.54, 1.807) is 14.0 Å². The Bertz CT molecular complexity index is 796. The molecule has 1 amide bonds. The van der Waals surface area contributed by atoms with Crippen LogP contribution in [0.15, 0.2) is 23.0 Å². The maximum absolute atomic E-state index is 12.1. The number of non-ortho nitro benzene ring substituents is 1. The Morgan fingerprint density at radius 2 is 2.14 bits per heavy atom. The fourth-order valence-corrected chi connectivity index (χ4v) is 2.73. The molecule has 1 aromatic carbocycles. The first-order valence-corrected chi connectivity index (χ1v) is 6.92. The number of hydrogen-bond acceptors (Lipinski definition) is 5. The van der Waals surface area contributed by atoms with E-state index in [0.717, 1.165) is 17.4 Å². The van der Waals surface area contributed by atoms with E-state index in [0.29, 0.717) is 5.69 Å². The van der Waals surface area contributed by atoms with Gasteiger partial charge in [0.25, 0.3) is 11.6 Å². The van der Waals surface area contributed by atoms with Crippen LogP contribution >= 0.6 is 22.9 Å². The molecule has 1 N–H and O–H groups in total. The van der Waals surface area contributed by atoms with Gasteiger partial charge in [0, 0.05) is 24.9 Å². The lowest BCUT2D eigenvalue weighted by Gasteiger charge is -2.06. The van der Waals surface area contributed by atoms with Gasteiger partial charge in [-0.05, 0) is 13.0 Å². The number of benzene rings is 1. The second-order valence-electron chi connectivity index (χ2n) is 4.22. The summed E-state index contributed by atoms with van der Waals surface area (Å²) in [4.78, 5) is 33.7. The van der Waals surface area contributed by atoms with Crippen molar-refractivity contribution in [2.45, 2.75) is 6.92 Å². The molecule has 0 aliphatic rings. The fraction of sp³-hybridized carbons (Fsp3) is 0.167. The minimum absolute atomic E-state index is 0.0541. The van der Waals surface area contributed by atoms with E-state index in [2.05, 4.69) is 5.32 Å². The van der Waals surface area contributed by atoms with Crippen molar-refractivity contribution in [2.24, 2.45) is 7.05 Å². The van der Waals surface area contributed by atoms with Crippen LogP contribution in [0.2, 0.25) is 5.02 Å². The van der Waals surface area contributed by atoms with Crippen LogP contribution in [0.3, 0.4) is 0 Å². The highest BCUT2D eigenvalue weighted by Crippen LogP contribution is 2.27. The molecule has 0 fully saturated rings. The first-order valence-electron chi connectivity index (χ1n) is 5.73. The highest BCUT2D eigenvalue weighted by molar-refractivity contribution is 7.11. The zero-order valence-corrected chi connectivity index (χ0v) is 12.6. The largest absolute Gasteiger partial charge is 0.320 e. The number of nitrogens with zero attached hydrogens (tertiary/aromatic N) is 2. The van der Waals surface area contributed by atoms with Gasteiger partial charge in [-0.2, -0.15) is 0 Å². The standard InChI is InChI=1S/C12H10ClN3O4S/c1-6-10(21-12(18)15(6)2)11(17)14-9-4-3-7(16(19)20)5-8(9)13/h3-5H,1-2H3,(H,14,17). The zero-order chi connectivity index (χ0) is 15.7. The van der Waals surface area contributed by atoms with Gasteiger partial charge in [-0.15, -0.1) is 0 Å². The number of carbonyl (C=O) groups is 1. The number of anilines is 1. The molecule has 0 spiro atoms. The van der Waals surface area contributed by atoms with Crippen LogP contribution in [0, 0.1) is 17.0 Å². The number of nitrogens with one attached hydrogen (secondary N) is 1. The molecule has 0 aliphatic heterocycles. The van der Waals surface area contributed by atoms with Crippen molar-refractivity contribution in [3.8, 4) is 0 Å².